The van der Waals surface area contributed by atoms with Crippen LogP contribution in [-0.2, 0) is 4.79 Å². The molecule has 0 bridgehead atoms. The quantitative estimate of drug-likeness (QED) is 0.714. The van der Waals surface area contributed by atoms with Crippen molar-refractivity contribution < 1.29 is 9.59 Å². The Labute approximate surface area is 93.2 Å². The van der Waals surface area contributed by atoms with E-state index in [4.69, 9.17) is 0 Å². The van der Waals surface area contributed by atoms with Gasteiger partial charge in [0.1, 0.15) is 0 Å². The third kappa shape index (κ3) is 2.56. The van der Waals surface area contributed by atoms with Crippen molar-refractivity contribution in [1.29, 1.82) is 0 Å². The van der Waals surface area contributed by atoms with Crippen LogP contribution in [0.5, 0.6) is 0 Å². The van der Waals surface area contributed by atoms with Crippen molar-refractivity contribution in [2.24, 2.45) is 5.92 Å². The third-order valence-corrected chi connectivity index (χ3v) is 2.42. The molecule has 1 heterocycles. The van der Waals surface area contributed by atoms with Crippen LogP contribution in [0.15, 0.2) is 18.3 Å². The summed E-state index contributed by atoms with van der Waals surface area (Å²) in [7, 11) is 0. The monoisotopic (exact) mass is 219 g/mol. The first-order valence-corrected chi connectivity index (χ1v) is 5.19. The zero-order chi connectivity index (χ0) is 11.5. The van der Waals surface area contributed by atoms with Gasteiger partial charge in [0.15, 0.2) is 0 Å². The first-order chi connectivity index (χ1) is 7.66. The molecule has 2 N–H and O–H groups in total. The summed E-state index contributed by atoms with van der Waals surface area (Å²) in [5.41, 5.74) is 6.03. The lowest BCUT2D eigenvalue weighted by molar-refractivity contribution is -0.123. The molecule has 0 aliphatic heterocycles. The van der Waals surface area contributed by atoms with Crippen molar-refractivity contribution in [3.8, 4) is 0 Å². The summed E-state index contributed by atoms with van der Waals surface area (Å²) in [5.74, 6) is -0.383. The van der Waals surface area contributed by atoms with Gasteiger partial charge in [-0.1, -0.05) is 0 Å². The highest BCUT2D eigenvalue weighted by atomic mass is 16.2. The topological polar surface area (TPSA) is 71.1 Å². The molecule has 16 heavy (non-hydrogen) atoms. The first-order valence-electron chi connectivity index (χ1n) is 5.19. The van der Waals surface area contributed by atoms with Crippen molar-refractivity contribution in [3.05, 3.63) is 29.6 Å². The van der Waals surface area contributed by atoms with Gasteiger partial charge in [-0.3, -0.25) is 25.4 Å². The van der Waals surface area contributed by atoms with E-state index in [0.29, 0.717) is 5.56 Å². The Morgan fingerprint density at radius 3 is 2.62 bits per heavy atom. The zero-order valence-corrected chi connectivity index (χ0v) is 8.99. The van der Waals surface area contributed by atoms with Crippen LogP contribution in [-0.4, -0.2) is 16.8 Å². The van der Waals surface area contributed by atoms with Gasteiger partial charge in [0.05, 0.1) is 5.56 Å². The maximum atomic E-state index is 11.5. The van der Waals surface area contributed by atoms with Crippen LogP contribution >= 0.6 is 0 Å². The van der Waals surface area contributed by atoms with Crippen LogP contribution in [0.25, 0.3) is 0 Å². The largest absolute Gasteiger partial charge is 0.273 e. The predicted molar refractivity (Wildman–Crippen MR) is 57.3 cm³/mol. The summed E-state index contributed by atoms with van der Waals surface area (Å²) in [6, 6.07) is 3.42. The second kappa shape index (κ2) is 4.30. The van der Waals surface area contributed by atoms with Gasteiger partial charge >= 0.3 is 0 Å². The fraction of sp³-hybridized carbons (Fsp3) is 0.364. The molecule has 0 saturated heterocycles. The minimum atomic E-state index is -0.346. The second-order valence-electron chi connectivity index (χ2n) is 3.91. The van der Waals surface area contributed by atoms with Gasteiger partial charge < -0.3 is 0 Å². The zero-order valence-electron chi connectivity index (χ0n) is 8.99. The number of hydrazine groups is 1. The van der Waals surface area contributed by atoms with Crippen molar-refractivity contribution in [2.45, 2.75) is 19.8 Å². The van der Waals surface area contributed by atoms with Crippen LogP contribution in [0, 0.1) is 12.8 Å². The molecule has 1 aromatic rings. The summed E-state index contributed by atoms with van der Waals surface area (Å²) in [4.78, 5) is 26.8. The second-order valence-corrected chi connectivity index (χ2v) is 3.91. The lowest BCUT2D eigenvalue weighted by Gasteiger charge is -2.06. The summed E-state index contributed by atoms with van der Waals surface area (Å²) in [6.45, 7) is 1.84. The average Bonchev–Trinajstić information content (AvgIpc) is 3.10. The number of amides is 2. The highest BCUT2D eigenvalue weighted by molar-refractivity contribution is 5.95. The highest BCUT2D eigenvalue weighted by Crippen LogP contribution is 2.28. The smallest absolute Gasteiger partial charge is 0.271 e. The van der Waals surface area contributed by atoms with E-state index in [2.05, 4.69) is 15.8 Å². The predicted octanol–water partition coefficient (Wildman–Crippen LogP) is 0.561. The van der Waals surface area contributed by atoms with Crippen molar-refractivity contribution in [2.75, 3.05) is 0 Å². The van der Waals surface area contributed by atoms with Gasteiger partial charge in [-0.15, -0.1) is 0 Å². The molecule has 5 nitrogen and oxygen atoms in total. The minimum absolute atomic E-state index is 0.0800. The number of carbonyl (C=O) groups excluding carboxylic acids is 2. The number of nitrogens with one attached hydrogen (secondary N) is 2. The van der Waals surface area contributed by atoms with E-state index in [9.17, 15) is 9.59 Å². The molecule has 5 heteroatoms. The molecule has 1 saturated carbocycles. The molecular weight excluding hydrogens is 206 g/mol. The lowest BCUT2D eigenvalue weighted by atomic mass is 10.2. The molecule has 0 radical (unpaired) electrons. The number of carbonyl (C=O) groups is 2. The molecule has 1 aliphatic carbocycles. The Morgan fingerprint density at radius 1 is 1.31 bits per heavy atom. The van der Waals surface area contributed by atoms with Crippen molar-refractivity contribution >= 4 is 11.8 Å². The molecule has 2 rings (SSSR count). The standard InChI is InChI=1S/C11H13N3O2/c1-7-2-3-9(6-12-7)11(16)14-13-10(15)8-4-5-8/h2-3,6,8H,4-5H2,1H3,(H,13,15)(H,14,16). The fourth-order valence-electron chi connectivity index (χ4n) is 1.24. The molecule has 0 atom stereocenters. The Kier molecular flexibility index (Phi) is 2.85. The number of pyridine rings is 1. The molecule has 1 aliphatic rings. The van der Waals surface area contributed by atoms with Gasteiger partial charge in [-0.25, -0.2) is 0 Å². The maximum absolute atomic E-state index is 11.5. The Hall–Kier alpha value is -1.91. The van der Waals surface area contributed by atoms with Gasteiger partial charge in [-0.2, -0.15) is 0 Å². The number of aromatic nitrogens is 1. The van der Waals surface area contributed by atoms with E-state index in [1.165, 1.54) is 6.20 Å². The molecular formula is C11H13N3O2. The van der Waals surface area contributed by atoms with Crippen molar-refractivity contribution in [3.63, 3.8) is 0 Å². The summed E-state index contributed by atoms with van der Waals surface area (Å²) >= 11 is 0. The fourth-order valence-corrected chi connectivity index (χ4v) is 1.24. The molecule has 1 fully saturated rings. The van der Waals surface area contributed by atoms with E-state index in [-0.39, 0.29) is 17.7 Å². The van der Waals surface area contributed by atoms with E-state index in [1.54, 1.807) is 12.1 Å². The normalized spacial score (nSPS) is 14.3. The van der Waals surface area contributed by atoms with E-state index in [0.717, 1.165) is 18.5 Å². The van der Waals surface area contributed by atoms with E-state index in [1.807, 2.05) is 6.92 Å². The van der Waals surface area contributed by atoms with Gasteiger partial charge in [-0.05, 0) is 31.9 Å². The molecule has 1 aromatic heterocycles. The summed E-state index contributed by atoms with van der Waals surface area (Å²) in [5, 5.41) is 0. The summed E-state index contributed by atoms with van der Waals surface area (Å²) < 4.78 is 0. The first kappa shape index (κ1) is 10.6. The van der Waals surface area contributed by atoms with Crippen LogP contribution in [0.4, 0.5) is 0 Å². The average molecular weight is 219 g/mol. The molecule has 84 valence electrons. The number of hydrogen-bond donors (Lipinski definition) is 2. The van der Waals surface area contributed by atoms with Gasteiger partial charge in [0.2, 0.25) is 5.91 Å². The van der Waals surface area contributed by atoms with Crippen LogP contribution in [0.2, 0.25) is 0 Å². The van der Waals surface area contributed by atoms with E-state index < -0.39 is 0 Å². The van der Waals surface area contributed by atoms with Gasteiger partial charge in [0, 0.05) is 17.8 Å². The molecule has 0 aromatic carbocycles. The Morgan fingerprint density at radius 2 is 2.06 bits per heavy atom. The molecule has 0 unspecified atom stereocenters. The van der Waals surface area contributed by atoms with Crippen LogP contribution < -0.4 is 10.9 Å². The van der Waals surface area contributed by atoms with Crippen LogP contribution in [0.3, 0.4) is 0 Å². The van der Waals surface area contributed by atoms with E-state index >= 15 is 0 Å². The number of nitrogens with zero attached hydrogens (tertiary/aromatic N) is 1. The number of hydrogen-bond acceptors (Lipinski definition) is 3. The Bertz CT molecular complexity index is 410. The summed E-state index contributed by atoms with van der Waals surface area (Å²) in [6.07, 6.45) is 3.30. The Balaban J connectivity index is 1.87. The maximum Gasteiger partial charge on any atom is 0.271 e. The minimum Gasteiger partial charge on any atom is -0.273 e. The molecule has 0 spiro atoms. The number of aryl methyl sites for hydroxylation is 1. The highest BCUT2D eigenvalue weighted by Gasteiger charge is 2.29. The third-order valence-electron chi connectivity index (χ3n) is 2.42. The lowest BCUT2D eigenvalue weighted by Crippen LogP contribution is -2.42. The SMILES string of the molecule is Cc1ccc(C(=O)NNC(=O)C2CC2)cn1. The van der Waals surface area contributed by atoms with Gasteiger partial charge in [0.25, 0.3) is 5.91 Å². The molecule has 2 amide bonds. The van der Waals surface area contributed by atoms with Crippen molar-refractivity contribution in [1.82, 2.24) is 15.8 Å². The van der Waals surface area contributed by atoms with Crippen LogP contribution in [0.1, 0.15) is 28.9 Å². The number of rotatable bonds is 2.